The number of nitrogens with one attached hydrogen (secondary N) is 1. The van der Waals surface area contributed by atoms with Crippen LogP contribution in [-0.4, -0.2) is 25.2 Å². The van der Waals surface area contributed by atoms with Crippen molar-refractivity contribution in [3.05, 3.63) is 46.9 Å². The summed E-state index contributed by atoms with van der Waals surface area (Å²) in [5.41, 5.74) is 1.43. The van der Waals surface area contributed by atoms with Gasteiger partial charge in [0.25, 0.3) is 0 Å². The van der Waals surface area contributed by atoms with E-state index < -0.39 is 0 Å². The molecule has 0 radical (unpaired) electrons. The number of ether oxygens (including phenoxy) is 2. The molecule has 1 N–H and O–H groups in total. The van der Waals surface area contributed by atoms with Crippen molar-refractivity contribution in [2.24, 2.45) is 5.92 Å². The lowest BCUT2D eigenvalue weighted by molar-refractivity contribution is -0.122. The van der Waals surface area contributed by atoms with Gasteiger partial charge in [-0.2, -0.15) is 0 Å². The van der Waals surface area contributed by atoms with Crippen molar-refractivity contribution in [2.75, 3.05) is 23.6 Å². The standard InChI is InChI=1S/C18H15BrN2O4/c19-12-1-4-14(5-2-12)21-9-11(7-17(21)22)18(23)20-13-3-6-15-16(8-13)25-10-24-15/h1-6,8,11H,7,9-10H2,(H,20,23)/t11-/m1/s1. The normalized spacial score (nSPS) is 18.5. The number of nitrogens with zero attached hydrogens (tertiary/aromatic N) is 1. The third-order valence-corrected chi connectivity index (χ3v) is 4.80. The second kappa shape index (κ2) is 6.40. The number of amides is 2. The van der Waals surface area contributed by atoms with Crippen molar-refractivity contribution in [3.8, 4) is 11.5 Å². The highest BCUT2D eigenvalue weighted by atomic mass is 79.9. The number of carbonyl (C=O) groups excluding carboxylic acids is 2. The first-order valence-corrected chi connectivity index (χ1v) is 8.66. The van der Waals surface area contributed by atoms with E-state index in [1.807, 2.05) is 24.3 Å². The van der Waals surface area contributed by atoms with E-state index in [1.165, 1.54) is 0 Å². The zero-order chi connectivity index (χ0) is 17.4. The summed E-state index contributed by atoms with van der Waals surface area (Å²) in [4.78, 5) is 26.4. The van der Waals surface area contributed by atoms with Crippen molar-refractivity contribution in [1.82, 2.24) is 0 Å². The molecule has 2 aromatic rings. The summed E-state index contributed by atoms with van der Waals surface area (Å²) in [5.74, 6) is 0.661. The number of benzene rings is 2. The molecule has 0 spiro atoms. The van der Waals surface area contributed by atoms with Crippen LogP contribution in [0.15, 0.2) is 46.9 Å². The van der Waals surface area contributed by atoms with Crippen LogP contribution in [-0.2, 0) is 9.59 Å². The molecule has 2 aromatic carbocycles. The van der Waals surface area contributed by atoms with Crippen LogP contribution in [0.1, 0.15) is 6.42 Å². The summed E-state index contributed by atoms with van der Waals surface area (Å²) in [6, 6.07) is 12.7. The van der Waals surface area contributed by atoms with E-state index in [4.69, 9.17) is 9.47 Å². The molecule has 1 fully saturated rings. The fourth-order valence-corrected chi connectivity index (χ4v) is 3.24. The molecular weight excluding hydrogens is 388 g/mol. The van der Waals surface area contributed by atoms with Crippen LogP contribution in [0.4, 0.5) is 11.4 Å². The third kappa shape index (κ3) is 3.19. The largest absolute Gasteiger partial charge is 0.454 e. The smallest absolute Gasteiger partial charge is 0.231 e. The van der Waals surface area contributed by atoms with E-state index in [0.29, 0.717) is 23.7 Å². The molecular formula is C18H15BrN2O4. The maximum atomic E-state index is 12.5. The highest BCUT2D eigenvalue weighted by molar-refractivity contribution is 9.10. The van der Waals surface area contributed by atoms with Crippen LogP contribution in [0.5, 0.6) is 11.5 Å². The number of fused-ring (bicyclic) bond motifs is 1. The van der Waals surface area contributed by atoms with E-state index in [-0.39, 0.29) is 30.9 Å². The van der Waals surface area contributed by atoms with Crippen LogP contribution >= 0.6 is 15.9 Å². The molecule has 0 unspecified atom stereocenters. The number of halogens is 1. The fourth-order valence-electron chi connectivity index (χ4n) is 2.97. The zero-order valence-electron chi connectivity index (χ0n) is 13.2. The molecule has 128 valence electrons. The van der Waals surface area contributed by atoms with Gasteiger partial charge in [0.2, 0.25) is 18.6 Å². The van der Waals surface area contributed by atoms with Crippen LogP contribution < -0.4 is 19.7 Å². The lowest BCUT2D eigenvalue weighted by atomic mass is 10.1. The molecule has 1 atom stereocenters. The first-order valence-electron chi connectivity index (χ1n) is 7.86. The highest BCUT2D eigenvalue weighted by Gasteiger charge is 2.35. The quantitative estimate of drug-likeness (QED) is 0.855. The lowest BCUT2D eigenvalue weighted by Gasteiger charge is -2.17. The molecule has 0 saturated carbocycles. The van der Waals surface area contributed by atoms with Gasteiger partial charge in [0.05, 0.1) is 5.92 Å². The molecule has 4 rings (SSSR count). The van der Waals surface area contributed by atoms with Gasteiger partial charge in [-0.1, -0.05) is 15.9 Å². The predicted molar refractivity (Wildman–Crippen MR) is 95.8 cm³/mol. The minimum atomic E-state index is -0.387. The van der Waals surface area contributed by atoms with Gasteiger partial charge in [-0.15, -0.1) is 0 Å². The minimum Gasteiger partial charge on any atom is -0.454 e. The fraction of sp³-hybridized carbons (Fsp3) is 0.222. The Labute approximate surface area is 152 Å². The van der Waals surface area contributed by atoms with Gasteiger partial charge in [-0.05, 0) is 36.4 Å². The Bertz CT molecular complexity index is 837. The number of rotatable bonds is 3. The number of hydrogen-bond donors (Lipinski definition) is 1. The van der Waals surface area contributed by atoms with Gasteiger partial charge in [0, 0.05) is 34.9 Å². The Hall–Kier alpha value is -2.54. The predicted octanol–water partition coefficient (Wildman–Crippen LogP) is 3.17. The van der Waals surface area contributed by atoms with Crippen molar-refractivity contribution >= 4 is 39.1 Å². The van der Waals surface area contributed by atoms with Crippen molar-refractivity contribution in [3.63, 3.8) is 0 Å². The number of anilines is 2. The Balaban J connectivity index is 1.44. The van der Waals surface area contributed by atoms with Crippen LogP contribution in [0.2, 0.25) is 0 Å². The Morgan fingerprint density at radius 1 is 1.12 bits per heavy atom. The maximum absolute atomic E-state index is 12.5. The van der Waals surface area contributed by atoms with Crippen molar-refractivity contribution in [2.45, 2.75) is 6.42 Å². The summed E-state index contributed by atoms with van der Waals surface area (Å²) < 4.78 is 11.5. The molecule has 2 amide bonds. The second-order valence-electron chi connectivity index (χ2n) is 5.94. The average Bonchev–Trinajstić information content (AvgIpc) is 3.22. The van der Waals surface area contributed by atoms with Crippen LogP contribution in [0, 0.1) is 5.92 Å². The van der Waals surface area contributed by atoms with Crippen LogP contribution in [0.3, 0.4) is 0 Å². The third-order valence-electron chi connectivity index (χ3n) is 4.27. The number of carbonyl (C=O) groups is 2. The first-order chi connectivity index (χ1) is 12.1. The van der Waals surface area contributed by atoms with Gasteiger partial charge >= 0.3 is 0 Å². The summed E-state index contributed by atoms with van der Waals surface area (Å²) >= 11 is 3.38. The van der Waals surface area contributed by atoms with Gasteiger partial charge in [-0.25, -0.2) is 0 Å². The summed E-state index contributed by atoms with van der Waals surface area (Å²) in [7, 11) is 0. The van der Waals surface area contributed by atoms with E-state index in [2.05, 4.69) is 21.2 Å². The Morgan fingerprint density at radius 3 is 2.68 bits per heavy atom. The minimum absolute atomic E-state index is 0.0480. The summed E-state index contributed by atoms with van der Waals surface area (Å²) in [6.07, 6.45) is 0.201. The van der Waals surface area contributed by atoms with Crippen LogP contribution in [0.25, 0.3) is 0 Å². The van der Waals surface area contributed by atoms with Crippen molar-refractivity contribution < 1.29 is 19.1 Å². The average molecular weight is 403 g/mol. The Kier molecular flexibility index (Phi) is 4.09. The van der Waals surface area contributed by atoms with E-state index in [9.17, 15) is 9.59 Å². The van der Waals surface area contributed by atoms with Gasteiger partial charge in [-0.3, -0.25) is 9.59 Å². The van der Waals surface area contributed by atoms with E-state index in [1.54, 1.807) is 23.1 Å². The molecule has 0 aromatic heterocycles. The monoisotopic (exact) mass is 402 g/mol. The molecule has 0 aliphatic carbocycles. The molecule has 2 heterocycles. The summed E-state index contributed by atoms with van der Waals surface area (Å²) in [5, 5.41) is 2.85. The van der Waals surface area contributed by atoms with E-state index in [0.717, 1.165) is 10.2 Å². The SMILES string of the molecule is O=C(Nc1ccc2c(c1)OCO2)[C@@H]1CC(=O)N(c2ccc(Br)cc2)C1. The Morgan fingerprint density at radius 2 is 1.88 bits per heavy atom. The molecule has 1 saturated heterocycles. The van der Waals surface area contributed by atoms with Gasteiger partial charge in [0.15, 0.2) is 11.5 Å². The number of hydrogen-bond acceptors (Lipinski definition) is 4. The van der Waals surface area contributed by atoms with Gasteiger partial charge < -0.3 is 19.7 Å². The molecule has 6 nitrogen and oxygen atoms in total. The molecule has 25 heavy (non-hydrogen) atoms. The molecule has 2 aliphatic heterocycles. The first kappa shape index (κ1) is 16.0. The summed E-state index contributed by atoms with van der Waals surface area (Å²) in [6.45, 7) is 0.558. The highest BCUT2D eigenvalue weighted by Crippen LogP contribution is 2.34. The van der Waals surface area contributed by atoms with E-state index >= 15 is 0 Å². The van der Waals surface area contributed by atoms with Gasteiger partial charge in [0.1, 0.15) is 0 Å². The topological polar surface area (TPSA) is 67.9 Å². The molecule has 2 aliphatic rings. The maximum Gasteiger partial charge on any atom is 0.231 e. The molecule has 0 bridgehead atoms. The molecule has 7 heteroatoms. The zero-order valence-corrected chi connectivity index (χ0v) is 14.8. The van der Waals surface area contributed by atoms with Crippen molar-refractivity contribution in [1.29, 1.82) is 0 Å². The lowest BCUT2D eigenvalue weighted by Crippen LogP contribution is -2.28. The second-order valence-corrected chi connectivity index (χ2v) is 6.85.